The van der Waals surface area contributed by atoms with E-state index in [1.54, 1.807) is 0 Å². The van der Waals surface area contributed by atoms with E-state index in [0.29, 0.717) is 12.3 Å². The van der Waals surface area contributed by atoms with Crippen molar-refractivity contribution in [2.24, 2.45) is 0 Å². The third-order valence-corrected chi connectivity index (χ3v) is 5.00. The maximum Gasteiger partial charge on any atom is 0.230 e. The average Bonchev–Trinajstić information content (AvgIpc) is 3.25. The van der Waals surface area contributed by atoms with E-state index in [1.165, 1.54) is 11.8 Å². The number of amides is 1. The van der Waals surface area contributed by atoms with Gasteiger partial charge in [0.05, 0.1) is 30.3 Å². The zero-order valence-electron chi connectivity index (χ0n) is 13.9. The van der Waals surface area contributed by atoms with Crippen molar-refractivity contribution in [2.45, 2.75) is 37.6 Å². The normalized spacial score (nSPS) is 17.1. The molecule has 1 fully saturated rings. The number of ether oxygens (including phenoxy) is 1. The fourth-order valence-corrected chi connectivity index (χ4v) is 3.68. The minimum absolute atomic E-state index is 0.0374. The maximum atomic E-state index is 11.8. The fourth-order valence-electron chi connectivity index (χ4n) is 2.86. The summed E-state index contributed by atoms with van der Waals surface area (Å²) < 4.78 is 7.99. The molecule has 0 spiro atoms. The fraction of sp³-hybridized carbons (Fsp3) is 0.444. The lowest BCUT2D eigenvalue weighted by Gasteiger charge is -2.16. The minimum atomic E-state index is 0.0374. The van der Waals surface area contributed by atoms with Gasteiger partial charge in [-0.3, -0.25) is 4.79 Å². The van der Waals surface area contributed by atoms with Gasteiger partial charge in [-0.15, -0.1) is 0 Å². The van der Waals surface area contributed by atoms with E-state index >= 15 is 0 Å². The lowest BCUT2D eigenvalue weighted by Crippen LogP contribution is -2.24. The monoisotopic (exact) mass is 345 g/mol. The van der Waals surface area contributed by atoms with Crippen LogP contribution in [0, 0.1) is 0 Å². The molecule has 1 aromatic carbocycles. The van der Waals surface area contributed by atoms with Crippen molar-refractivity contribution >= 4 is 17.7 Å². The summed E-state index contributed by atoms with van der Waals surface area (Å²) in [7, 11) is 0. The Bertz CT molecular complexity index is 666. The quantitative estimate of drug-likeness (QED) is 0.784. The molecule has 0 bridgehead atoms. The first-order chi connectivity index (χ1) is 11.8. The van der Waals surface area contributed by atoms with Gasteiger partial charge >= 0.3 is 0 Å². The number of nitrogens with one attached hydrogen (secondary N) is 1. The molecule has 0 unspecified atom stereocenters. The highest BCUT2D eigenvalue weighted by Gasteiger charge is 2.21. The molecule has 128 valence electrons. The van der Waals surface area contributed by atoms with Gasteiger partial charge < -0.3 is 14.6 Å². The van der Waals surface area contributed by atoms with Crippen LogP contribution >= 0.6 is 11.8 Å². The van der Waals surface area contributed by atoms with Crippen LogP contribution in [0.3, 0.4) is 0 Å². The summed E-state index contributed by atoms with van der Waals surface area (Å²) in [6.45, 7) is 4.19. The number of thioether (sulfide) groups is 1. The molecular formula is C18H23N3O2S. The molecule has 1 aliphatic rings. The molecule has 5 nitrogen and oxygen atoms in total. The van der Waals surface area contributed by atoms with Gasteiger partial charge in [-0.25, -0.2) is 4.98 Å². The second-order valence-electron chi connectivity index (χ2n) is 5.78. The maximum absolute atomic E-state index is 11.8. The van der Waals surface area contributed by atoms with Crippen molar-refractivity contribution < 1.29 is 9.53 Å². The number of carbonyl (C=O) groups excluding carboxylic acids is 1. The number of carbonyl (C=O) groups is 1. The van der Waals surface area contributed by atoms with Crippen LogP contribution in [0.25, 0.3) is 11.3 Å². The highest BCUT2D eigenvalue weighted by atomic mass is 32.2. The molecule has 2 aromatic rings. The van der Waals surface area contributed by atoms with E-state index in [2.05, 4.69) is 27.0 Å². The molecule has 24 heavy (non-hydrogen) atoms. The SMILES string of the molecule is CCNC(=O)CSc1ncc(-c2ccccc2)n1C[C@H]1CCCO1. The number of hydrogen-bond donors (Lipinski definition) is 1. The van der Waals surface area contributed by atoms with E-state index in [1.807, 2.05) is 31.3 Å². The van der Waals surface area contributed by atoms with Crippen LogP contribution in [0.2, 0.25) is 0 Å². The van der Waals surface area contributed by atoms with Gasteiger partial charge in [0.2, 0.25) is 5.91 Å². The van der Waals surface area contributed by atoms with E-state index in [0.717, 1.165) is 42.4 Å². The van der Waals surface area contributed by atoms with Crippen molar-refractivity contribution in [3.05, 3.63) is 36.5 Å². The van der Waals surface area contributed by atoms with E-state index in [4.69, 9.17) is 4.74 Å². The van der Waals surface area contributed by atoms with Gasteiger partial charge in [-0.2, -0.15) is 0 Å². The summed E-state index contributed by atoms with van der Waals surface area (Å²) in [5, 5.41) is 3.70. The summed E-state index contributed by atoms with van der Waals surface area (Å²) in [4.78, 5) is 16.3. The molecule has 1 aliphatic heterocycles. The first-order valence-electron chi connectivity index (χ1n) is 8.40. The molecule has 2 heterocycles. The molecule has 0 aliphatic carbocycles. The Morgan fingerprint density at radius 1 is 1.42 bits per heavy atom. The summed E-state index contributed by atoms with van der Waals surface area (Å²) in [6, 6.07) is 10.2. The molecule has 3 rings (SSSR count). The largest absolute Gasteiger partial charge is 0.376 e. The van der Waals surface area contributed by atoms with Crippen molar-refractivity contribution in [1.82, 2.24) is 14.9 Å². The third-order valence-electron chi connectivity index (χ3n) is 4.01. The zero-order valence-corrected chi connectivity index (χ0v) is 14.7. The number of aromatic nitrogens is 2. The number of rotatable bonds is 7. The summed E-state index contributed by atoms with van der Waals surface area (Å²) in [6.07, 6.45) is 4.31. The van der Waals surface area contributed by atoms with E-state index in [-0.39, 0.29) is 12.0 Å². The average molecular weight is 345 g/mol. The molecule has 0 saturated carbocycles. The summed E-state index contributed by atoms with van der Waals surface area (Å²) in [5.74, 6) is 0.417. The van der Waals surface area contributed by atoms with E-state index < -0.39 is 0 Å². The van der Waals surface area contributed by atoms with Gasteiger partial charge in [0, 0.05) is 13.2 Å². The number of hydrogen-bond acceptors (Lipinski definition) is 4. The number of nitrogens with zero attached hydrogens (tertiary/aromatic N) is 2. The second kappa shape index (κ2) is 8.35. The Morgan fingerprint density at radius 3 is 2.96 bits per heavy atom. The van der Waals surface area contributed by atoms with Gasteiger partial charge in [0.1, 0.15) is 0 Å². The lowest BCUT2D eigenvalue weighted by atomic mass is 10.1. The molecule has 6 heteroatoms. The van der Waals surface area contributed by atoms with Crippen molar-refractivity contribution in [3.8, 4) is 11.3 Å². The predicted molar refractivity (Wildman–Crippen MR) is 96.0 cm³/mol. The number of imidazole rings is 1. The second-order valence-corrected chi connectivity index (χ2v) is 6.72. The Kier molecular flexibility index (Phi) is 5.93. The van der Waals surface area contributed by atoms with Crippen molar-refractivity contribution in [1.29, 1.82) is 0 Å². The van der Waals surface area contributed by atoms with Gasteiger partial charge in [0.25, 0.3) is 0 Å². The smallest absolute Gasteiger partial charge is 0.230 e. The highest BCUT2D eigenvalue weighted by Crippen LogP contribution is 2.28. The minimum Gasteiger partial charge on any atom is -0.376 e. The summed E-state index contributed by atoms with van der Waals surface area (Å²) >= 11 is 1.48. The van der Waals surface area contributed by atoms with Crippen LogP contribution in [0.4, 0.5) is 0 Å². The molecule has 1 saturated heterocycles. The Morgan fingerprint density at radius 2 is 2.25 bits per heavy atom. The van der Waals surface area contributed by atoms with Gasteiger partial charge in [-0.1, -0.05) is 42.1 Å². The van der Waals surface area contributed by atoms with Crippen LogP contribution in [0.15, 0.2) is 41.7 Å². The zero-order chi connectivity index (χ0) is 16.8. The van der Waals surface area contributed by atoms with Crippen LogP contribution in [0.1, 0.15) is 19.8 Å². The molecule has 1 atom stereocenters. The van der Waals surface area contributed by atoms with Crippen LogP contribution in [-0.4, -0.2) is 40.5 Å². The Hall–Kier alpha value is -1.79. The van der Waals surface area contributed by atoms with Crippen LogP contribution < -0.4 is 5.32 Å². The van der Waals surface area contributed by atoms with Crippen molar-refractivity contribution in [2.75, 3.05) is 18.9 Å². The highest BCUT2D eigenvalue weighted by molar-refractivity contribution is 7.99. The molecule has 1 aromatic heterocycles. The number of benzene rings is 1. The predicted octanol–water partition coefficient (Wildman–Crippen LogP) is 2.96. The molecular weight excluding hydrogens is 322 g/mol. The van der Waals surface area contributed by atoms with Crippen LogP contribution in [-0.2, 0) is 16.1 Å². The first kappa shape index (κ1) is 17.0. The van der Waals surface area contributed by atoms with E-state index in [9.17, 15) is 4.79 Å². The molecule has 1 amide bonds. The Balaban J connectivity index is 1.81. The lowest BCUT2D eigenvalue weighted by molar-refractivity contribution is -0.118. The Labute approximate surface area is 146 Å². The van der Waals surface area contributed by atoms with Gasteiger partial charge in [0.15, 0.2) is 5.16 Å². The van der Waals surface area contributed by atoms with Crippen LogP contribution in [0.5, 0.6) is 0 Å². The van der Waals surface area contributed by atoms with Crippen molar-refractivity contribution in [3.63, 3.8) is 0 Å². The summed E-state index contributed by atoms with van der Waals surface area (Å²) in [5.41, 5.74) is 2.21. The van der Waals surface area contributed by atoms with Gasteiger partial charge in [-0.05, 0) is 25.3 Å². The third kappa shape index (κ3) is 4.19. The standard InChI is InChI=1S/C18H23N3O2S/c1-2-19-17(22)13-24-18-20-11-16(14-7-4-3-5-8-14)21(18)12-15-9-6-10-23-15/h3-5,7-8,11,15H,2,6,9-10,12-13H2,1H3,(H,19,22)/t15-/m1/s1. The molecule has 0 radical (unpaired) electrons. The topological polar surface area (TPSA) is 56.2 Å². The molecule has 1 N–H and O–H groups in total. The first-order valence-corrected chi connectivity index (χ1v) is 9.38.